The number of hydrogen-bond acceptors (Lipinski definition) is 3. The number of anilines is 1. The predicted octanol–water partition coefficient (Wildman–Crippen LogP) is 1.93. The molecule has 0 spiro atoms. The molecule has 0 bridgehead atoms. The van der Waals surface area contributed by atoms with Crippen molar-refractivity contribution in [1.29, 1.82) is 0 Å². The van der Waals surface area contributed by atoms with Crippen LogP contribution in [0.3, 0.4) is 0 Å². The van der Waals surface area contributed by atoms with Crippen LogP contribution in [0.1, 0.15) is 18.9 Å². The monoisotopic (exact) mass is 288 g/mol. The highest BCUT2D eigenvalue weighted by atomic mass is 79.9. The number of halogens is 1. The van der Waals surface area contributed by atoms with Gasteiger partial charge < -0.3 is 15.0 Å². The number of hydrogen-bond donors (Lipinski definition) is 1. The molecule has 1 aromatic rings. The number of ether oxygens (including phenoxy) is 1. The van der Waals surface area contributed by atoms with Crippen LogP contribution in [-0.2, 0) is 11.3 Å². The molecule has 0 aliphatic carbocycles. The number of aromatic nitrogens is 1. The van der Waals surface area contributed by atoms with E-state index >= 15 is 0 Å². The normalized spacial score (nSPS) is 10.7. The zero-order valence-corrected chi connectivity index (χ0v) is 11.2. The summed E-state index contributed by atoms with van der Waals surface area (Å²) in [5.74, 6) is 0. The Morgan fingerprint density at radius 3 is 2.88 bits per heavy atom. The number of nitrogen functional groups attached to an aromatic ring is 1. The lowest BCUT2D eigenvalue weighted by Crippen LogP contribution is -2.23. The van der Waals surface area contributed by atoms with Gasteiger partial charge in [-0.3, -0.25) is 4.79 Å². The highest BCUT2D eigenvalue weighted by molar-refractivity contribution is 9.10. The van der Waals surface area contributed by atoms with E-state index in [1.165, 1.54) is 0 Å². The van der Waals surface area contributed by atoms with Gasteiger partial charge in [-0.15, -0.1) is 0 Å². The molecule has 0 amide bonds. The lowest BCUT2D eigenvalue weighted by atomic mass is 10.2. The second-order valence-electron chi connectivity index (χ2n) is 3.57. The fourth-order valence-corrected chi connectivity index (χ4v) is 1.84. The highest BCUT2D eigenvalue weighted by Gasteiger charge is 2.07. The Balaban J connectivity index is 2.78. The van der Waals surface area contributed by atoms with E-state index in [2.05, 4.69) is 15.9 Å². The average molecular weight is 289 g/mol. The molecule has 0 unspecified atom stereocenters. The molecule has 1 rings (SSSR count). The van der Waals surface area contributed by atoms with Crippen LogP contribution < -0.4 is 11.3 Å². The third-order valence-corrected chi connectivity index (χ3v) is 3.33. The van der Waals surface area contributed by atoms with Gasteiger partial charge in [0.05, 0.1) is 10.2 Å². The molecule has 0 radical (unpaired) electrons. The molecule has 1 aromatic heterocycles. The van der Waals surface area contributed by atoms with Crippen molar-refractivity contribution in [3.63, 3.8) is 0 Å². The molecule has 0 saturated carbocycles. The van der Waals surface area contributed by atoms with Gasteiger partial charge in [-0.05, 0) is 41.8 Å². The van der Waals surface area contributed by atoms with E-state index < -0.39 is 0 Å². The van der Waals surface area contributed by atoms with Crippen molar-refractivity contribution in [3.05, 3.63) is 26.6 Å². The third kappa shape index (κ3) is 3.09. The summed E-state index contributed by atoms with van der Waals surface area (Å²) < 4.78 is 7.38. The van der Waals surface area contributed by atoms with Crippen LogP contribution in [0.15, 0.2) is 15.5 Å². The van der Waals surface area contributed by atoms with E-state index in [4.69, 9.17) is 10.5 Å². The Kier molecular flexibility index (Phi) is 5.02. The summed E-state index contributed by atoms with van der Waals surface area (Å²) in [6.45, 7) is 5.77. The topological polar surface area (TPSA) is 57.2 Å². The van der Waals surface area contributed by atoms with Crippen LogP contribution in [0.5, 0.6) is 0 Å². The van der Waals surface area contributed by atoms with Gasteiger partial charge in [0.25, 0.3) is 5.56 Å². The van der Waals surface area contributed by atoms with Crippen molar-refractivity contribution in [1.82, 2.24) is 4.57 Å². The lowest BCUT2D eigenvalue weighted by Gasteiger charge is -2.10. The van der Waals surface area contributed by atoms with E-state index in [0.29, 0.717) is 29.9 Å². The maximum absolute atomic E-state index is 11.8. The van der Waals surface area contributed by atoms with Crippen molar-refractivity contribution in [2.24, 2.45) is 0 Å². The first-order chi connectivity index (χ1) is 7.57. The molecule has 2 N–H and O–H groups in total. The molecule has 0 aliphatic heterocycles. The van der Waals surface area contributed by atoms with Crippen LogP contribution in [0.4, 0.5) is 5.69 Å². The Morgan fingerprint density at radius 2 is 2.25 bits per heavy atom. The summed E-state index contributed by atoms with van der Waals surface area (Å²) in [4.78, 5) is 11.8. The number of rotatable bonds is 5. The molecule has 1 heterocycles. The molecule has 0 saturated heterocycles. The molecule has 16 heavy (non-hydrogen) atoms. The van der Waals surface area contributed by atoms with Crippen LogP contribution in [0.2, 0.25) is 0 Å². The van der Waals surface area contributed by atoms with Crippen LogP contribution >= 0.6 is 15.9 Å². The van der Waals surface area contributed by atoms with Gasteiger partial charge in [0, 0.05) is 26.0 Å². The fourth-order valence-electron chi connectivity index (χ4n) is 1.38. The second kappa shape index (κ2) is 6.06. The van der Waals surface area contributed by atoms with Gasteiger partial charge in [-0.1, -0.05) is 0 Å². The molecule has 0 atom stereocenters. The van der Waals surface area contributed by atoms with Crippen molar-refractivity contribution in [2.75, 3.05) is 18.9 Å². The average Bonchev–Trinajstić information content (AvgIpc) is 2.28. The van der Waals surface area contributed by atoms with Crippen LogP contribution in [-0.4, -0.2) is 17.8 Å². The molecular weight excluding hydrogens is 272 g/mol. The summed E-state index contributed by atoms with van der Waals surface area (Å²) in [5.41, 5.74) is 7.19. The van der Waals surface area contributed by atoms with Crippen molar-refractivity contribution in [2.45, 2.75) is 26.8 Å². The van der Waals surface area contributed by atoms with Crippen molar-refractivity contribution in [3.8, 4) is 0 Å². The summed E-state index contributed by atoms with van der Waals surface area (Å²) in [6.07, 6.45) is 2.50. The number of aryl methyl sites for hydroxylation is 1. The quantitative estimate of drug-likeness (QED) is 0.843. The van der Waals surface area contributed by atoms with Crippen LogP contribution in [0.25, 0.3) is 0 Å². The third-order valence-electron chi connectivity index (χ3n) is 2.40. The van der Waals surface area contributed by atoms with E-state index in [1.807, 2.05) is 13.8 Å². The Hall–Kier alpha value is -0.810. The van der Waals surface area contributed by atoms with Gasteiger partial charge in [-0.2, -0.15) is 0 Å². The molecule has 0 aromatic carbocycles. The minimum atomic E-state index is -0.0387. The Labute approximate surface area is 104 Å². The smallest absolute Gasteiger partial charge is 0.265 e. The first-order valence-electron chi connectivity index (χ1n) is 5.30. The maximum Gasteiger partial charge on any atom is 0.265 e. The minimum absolute atomic E-state index is 0.0387. The SMILES string of the molecule is CCOCCCn1cc(N)c(C)c(Br)c1=O. The molecule has 90 valence electrons. The zero-order chi connectivity index (χ0) is 12.1. The van der Waals surface area contributed by atoms with Gasteiger partial charge >= 0.3 is 0 Å². The van der Waals surface area contributed by atoms with Gasteiger partial charge in [0.15, 0.2) is 0 Å². The molecule has 5 heteroatoms. The molecule has 0 fully saturated rings. The number of nitrogens with zero attached hydrogens (tertiary/aromatic N) is 1. The van der Waals surface area contributed by atoms with E-state index in [9.17, 15) is 4.79 Å². The minimum Gasteiger partial charge on any atom is -0.397 e. The summed E-state index contributed by atoms with van der Waals surface area (Å²) >= 11 is 3.26. The van der Waals surface area contributed by atoms with Crippen molar-refractivity contribution < 1.29 is 4.74 Å². The Bertz CT molecular complexity index is 415. The highest BCUT2D eigenvalue weighted by Crippen LogP contribution is 2.16. The number of nitrogens with two attached hydrogens (primary N) is 1. The Morgan fingerprint density at radius 1 is 1.56 bits per heavy atom. The fraction of sp³-hybridized carbons (Fsp3) is 0.545. The van der Waals surface area contributed by atoms with E-state index in [1.54, 1.807) is 10.8 Å². The summed E-state index contributed by atoms with van der Waals surface area (Å²) in [7, 11) is 0. The predicted molar refractivity (Wildman–Crippen MR) is 68.7 cm³/mol. The molecular formula is C11H17BrN2O2. The van der Waals surface area contributed by atoms with Gasteiger partial charge in [0.2, 0.25) is 0 Å². The van der Waals surface area contributed by atoms with E-state index in [0.717, 1.165) is 12.0 Å². The van der Waals surface area contributed by atoms with E-state index in [-0.39, 0.29) is 5.56 Å². The van der Waals surface area contributed by atoms with Crippen molar-refractivity contribution >= 4 is 21.6 Å². The van der Waals surface area contributed by atoms with Gasteiger partial charge in [-0.25, -0.2) is 0 Å². The zero-order valence-electron chi connectivity index (χ0n) is 9.62. The first kappa shape index (κ1) is 13.3. The summed E-state index contributed by atoms with van der Waals surface area (Å²) in [6, 6.07) is 0. The first-order valence-corrected chi connectivity index (χ1v) is 6.10. The maximum atomic E-state index is 11.8. The standard InChI is InChI=1S/C11H17BrN2O2/c1-3-16-6-4-5-14-7-9(13)8(2)10(12)11(14)15/h7H,3-6,13H2,1-2H3. The molecule has 4 nitrogen and oxygen atoms in total. The molecule has 0 aliphatic rings. The number of pyridine rings is 1. The largest absolute Gasteiger partial charge is 0.397 e. The second-order valence-corrected chi connectivity index (χ2v) is 4.37. The summed E-state index contributed by atoms with van der Waals surface area (Å²) in [5, 5.41) is 0. The lowest BCUT2D eigenvalue weighted by molar-refractivity contribution is 0.141. The van der Waals surface area contributed by atoms with Crippen LogP contribution in [0, 0.1) is 6.92 Å². The van der Waals surface area contributed by atoms with Gasteiger partial charge in [0.1, 0.15) is 0 Å².